The molecule has 1 saturated carbocycles. The first-order valence-corrected chi connectivity index (χ1v) is 6.51. The van der Waals surface area contributed by atoms with Gasteiger partial charge in [-0.25, -0.2) is 8.78 Å². The Kier molecular flexibility index (Phi) is 3.83. The number of aliphatic hydroxyl groups is 1. The Balaban J connectivity index is 2.49. The highest BCUT2D eigenvalue weighted by Gasteiger charge is 2.71. The van der Waals surface area contributed by atoms with Gasteiger partial charge in [-0.15, -0.1) is 0 Å². The van der Waals surface area contributed by atoms with E-state index in [1.54, 1.807) is 0 Å². The topological polar surface area (TPSA) is 79.2 Å². The lowest BCUT2D eigenvalue weighted by Gasteiger charge is -2.25. The van der Waals surface area contributed by atoms with Crippen LogP contribution >= 0.6 is 10.9 Å². The molecule has 0 aromatic rings. The van der Waals surface area contributed by atoms with Gasteiger partial charge in [0.1, 0.15) is 0 Å². The molecule has 5 nitrogen and oxygen atoms in total. The molecule has 1 fully saturated rings. The average Bonchev–Trinajstić information content (AvgIpc) is 2.61. The summed E-state index contributed by atoms with van der Waals surface area (Å²) in [5.41, 5.74) is -1.55. The molecule has 2 atom stereocenters. The SMILES string of the molecule is CC(O)OCC1(COS(C)(O)O)CC1(F)F. The number of rotatable bonds is 6. The summed E-state index contributed by atoms with van der Waals surface area (Å²) < 4.78 is 53.3. The largest absolute Gasteiger partial charge is 0.368 e. The van der Waals surface area contributed by atoms with E-state index in [4.69, 9.17) is 18.9 Å². The fraction of sp³-hybridized carbons (Fsp3) is 1.00. The minimum Gasteiger partial charge on any atom is -0.368 e. The molecule has 0 bridgehead atoms. The van der Waals surface area contributed by atoms with E-state index >= 15 is 0 Å². The van der Waals surface area contributed by atoms with Crippen LogP contribution in [0.15, 0.2) is 0 Å². The summed E-state index contributed by atoms with van der Waals surface area (Å²) in [6.45, 7) is 0.418. The average molecular weight is 262 g/mol. The van der Waals surface area contributed by atoms with Crippen molar-refractivity contribution in [2.75, 3.05) is 19.5 Å². The van der Waals surface area contributed by atoms with E-state index in [9.17, 15) is 8.78 Å². The zero-order valence-corrected chi connectivity index (χ0v) is 9.84. The van der Waals surface area contributed by atoms with E-state index in [0.29, 0.717) is 0 Å². The molecule has 3 N–H and O–H groups in total. The molecule has 0 aromatic heterocycles. The van der Waals surface area contributed by atoms with Crippen LogP contribution in [-0.4, -0.2) is 45.9 Å². The van der Waals surface area contributed by atoms with Crippen molar-refractivity contribution in [1.82, 2.24) is 0 Å². The van der Waals surface area contributed by atoms with E-state index in [1.165, 1.54) is 6.92 Å². The first kappa shape index (κ1) is 14.1. The number of halogens is 2. The van der Waals surface area contributed by atoms with Gasteiger partial charge < -0.3 is 18.9 Å². The Bertz CT molecular complexity index is 255. The lowest BCUT2D eigenvalue weighted by molar-refractivity contribution is -0.117. The second kappa shape index (κ2) is 4.35. The van der Waals surface area contributed by atoms with E-state index in [-0.39, 0.29) is 6.61 Å². The van der Waals surface area contributed by atoms with Crippen molar-refractivity contribution in [2.24, 2.45) is 5.41 Å². The van der Waals surface area contributed by atoms with Crippen LogP contribution in [-0.2, 0) is 8.92 Å². The highest BCUT2D eigenvalue weighted by Crippen LogP contribution is 2.62. The summed E-state index contributed by atoms with van der Waals surface area (Å²) >= 11 is 0. The second-order valence-electron chi connectivity index (χ2n) is 4.10. The lowest BCUT2D eigenvalue weighted by atomic mass is 10.1. The normalized spacial score (nSPS) is 31.2. The van der Waals surface area contributed by atoms with Gasteiger partial charge in [-0.3, -0.25) is 4.18 Å². The third-order valence-electron chi connectivity index (χ3n) is 2.37. The summed E-state index contributed by atoms with van der Waals surface area (Å²) in [5, 5.41) is 8.84. The Labute approximate surface area is 93.9 Å². The smallest absolute Gasteiger partial charge is 0.259 e. The summed E-state index contributed by atoms with van der Waals surface area (Å²) in [6.07, 6.45) is -0.575. The Morgan fingerprint density at radius 1 is 1.38 bits per heavy atom. The van der Waals surface area contributed by atoms with Crippen molar-refractivity contribution < 1.29 is 31.9 Å². The first-order valence-electron chi connectivity index (χ1n) is 4.63. The molecule has 1 rings (SSSR count). The molecular formula is C8H16F2O5S. The Morgan fingerprint density at radius 3 is 2.19 bits per heavy atom. The highest BCUT2D eigenvalue weighted by atomic mass is 32.3. The van der Waals surface area contributed by atoms with Crippen LogP contribution in [0.4, 0.5) is 8.78 Å². The number of hydrogen-bond acceptors (Lipinski definition) is 5. The minimum atomic E-state index is -3.26. The fourth-order valence-corrected chi connectivity index (χ4v) is 1.69. The van der Waals surface area contributed by atoms with Crippen LogP contribution in [0.1, 0.15) is 13.3 Å². The van der Waals surface area contributed by atoms with Crippen molar-refractivity contribution in [3.8, 4) is 0 Å². The van der Waals surface area contributed by atoms with Crippen LogP contribution in [0, 0.1) is 5.41 Å². The van der Waals surface area contributed by atoms with Crippen LogP contribution < -0.4 is 0 Å². The van der Waals surface area contributed by atoms with Crippen LogP contribution in [0.2, 0.25) is 0 Å². The third kappa shape index (κ3) is 3.51. The van der Waals surface area contributed by atoms with Gasteiger partial charge in [0.15, 0.2) is 6.29 Å². The van der Waals surface area contributed by atoms with Gasteiger partial charge in [0.25, 0.3) is 5.92 Å². The summed E-state index contributed by atoms with van der Waals surface area (Å²) in [5.74, 6) is -2.95. The van der Waals surface area contributed by atoms with E-state index in [0.717, 1.165) is 6.26 Å². The summed E-state index contributed by atoms with van der Waals surface area (Å²) in [4.78, 5) is 0. The zero-order chi connectivity index (χ0) is 12.6. The van der Waals surface area contributed by atoms with Gasteiger partial charge in [-0.1, -0.05) is 0 Å². The predicted octanol–water partition coefficient (Wildman–Crippen LogP) is 1.68. The predicted molar refractivity (Wildman–Crippen MR) is 54.4 cm³/mol. The van der Waals surface area contributed by atoms with Gasteiger partial charge >= 0.3 is 0 Å². The molecule has 16 heavy (non-hydrogen) atoms. The Morgan fingerprint density at radius 2 is 1.88 bits per heavy atom. The monoisotopic (exact) mass is 262 g/mol. The molecule has 0 amide bonds. The highest BCUT2D eigenvalue weighted by molar-refractivity contribution is 8.19. The molecule has 1 aliphatic rings. The molecule has 1 aliphatic carbocycles. The van der Waals surface area contributed by atoms with Crippen LogP contribution in [0.3, 0.4) is 0 Å². The number of alkyl halides is 2. The first-order chi connectivity index (χ1) is 7.08. The van der Waals surface area contributed by atoms with Gasteiger partial charge in [-0.2, -0.15) is 0 Å². The molecule has 8 heteroatoms. The molecule has 2 unspecified atom stereocenters. The minimum absolute atomic E-state index is 0.382. The number of aliphatic hydroxyl groups excluding tert-OH is 1. The van der Waals surface area contributed by atoms with E-state index in [1.807, 2.05) is 0 Å². The lowest BCUT2D eigenvalue weighted by Crippen LogP contribution is -2.27. The van der Waals surface area contributed by atoms with E-state index in [2.05, 4.69) is 4.18 Å². The second-order valence-corrected chi connectivity index (χ2v) is 5.86. The standard InChI is InChI=1S/C8H16F2O5S/c1-6(11)14-4-7(3-8(7,9)10)5-15-16(2,12)13/h6,11-13H,3-5H2,1-2H3. The summed E-state index contributed by atoms with van der Waals surface area (Å²) in [7, 11) is -3.26. The van der Waals surface area contributed by atoms with Gasteiger partial charge in [0.05, 0.1) is 29.5 Å². The molecule has 0 aromatic carbocycles. The zero-order valence-electron chi connectivity index (χ0n) is 9.02. The number of hydrogen-bond donors (Lipinski definition) is 3. The molecular weight excluding hydrogens is 246 g/mol. The molecule has 0 saturated heterocycles. The Hall–Kier alpha value is 0.01000. The maximum atomic E-state index is 13.1. The number of ether oxygens (including phenoxy) is 1. The van der Waals surface area contributed by atoms with Crippen molar-refractivity contribution in [3.63, 3.8) is 0 Å². The van der Waals surface area contributed by atoms with Gasteiger partial charge in [-0.05, 0) is 6.92 Å². The summed E-state index contributed by atoms with van der Waals surface area (Å²) in [6, 6.07) is 0. The molecule has 0 radical (unpaired) electrons. The van der Waals surface area contributed by atoms with Crippen molar-refractivity contribution in [2.45, 2.75) is 25.6 Å². The molecule has 0 spiro atoms. The van der Waals surface area contributed by atoms with Gasteiger partial charge in [0.2, 0.25) is 0 Å². The van der Waals surface area contributed by atoms with Crippen molar-refractivity contribution in [1.29, 1.82) is 0 Å². The van der Waals surface area contributed by atoms with Crippen molar-refractivity contribution >= 4 is 10.9 Å². The molecule has 0 heterocycles. The van der Waals surface area contributed by atoms with Crippen LogP contribution in [0.25, 0.3) is 0 Å². The fourth-order valence-electron chi connectivity index (χ4n) is 1.24. The van der Waals surface area contributed by atoms with Gasteiger partial charge in [0, 0.05) is 12.7 Å². The quantitative estimate of drug-likeness (QED) is 0.635. The maximum Gasteiger partial charge on any atom is 0.259 e. The maximum absolute atomic E-state index is 13.1. The molecule has 98 valence electrons. The van der Waals surface area contributed by atoms with Crippen LogP contribution in [0.5, 0.6) is 0 Å². The molecule has 0 aliphatic heterocycles. The van der Waals surface area contributed by atoms with Crippen molar-refractivity contribution in [3.05, 3.63) is 0 Å². The third-order valence-corrected chi connectivity index (χ3v) is 2.93. The van der Waals surface area contributed by atoms with E-state index < -0.39 is 41.5 Å².